The lowest BCUT2D eigenvalue weighted by Gasteiger charge is -2.21. The van der Waals surface area contributed by atoms with Crippen LogP contribution in [-0.4, -0.2) is 32.8 Å². The van der Waals surface area contributed by atoms with Gasteiger partial charge in [-0.2, -0.15) is 0 Å². The van der Waals surface area contributed by atoms with E-state index in [9.17, 15) is 4.79 Å². The van der Waals surface area contributed by atoms with E-state index in [4.69, 9.17) is 9.47 Å². The van der Waals surface area contributed by atoms with Gasteiger partial charge < -0.3 is 14.8 Å². The summed E-state index contributed by atoms with van der Waals surface area (Å²) in [5.74, 6) is 1.52. The Labute approximate surface area is 120 Å². The van der Waals surface area contributed by atoms with Gasteiger partial charge in [-0.05, 0) is 55.9 Å². The van der Waals surface area contributed by atoms with Crippen LogP contribution in [-0.2, 0) is 4.74 Å². The number of methoxy groups -OCH3 is 1. The topological polar surface area (TPSA) is 47.6 Å². The Hall–Kier alpha value is -1.55. The highest BCUT2D eigenvalue weighted by Crippen LogP contribution is 2.19. The van der Waals surface area contributed by atoms with Crippen molar-refractivity contribution in [2.75, 3.05) is 26.9 Å². The van der Waals surface area contributed by atoms with Crippen LogP contribution < -0.4 is 10.1 Å². The third kappa shape index (κ3) is 4.53. The first-order valence-electron chi connectivity index (χ1n) is 7.29. The number of nitrogens with one attached hydrogen (secondary N) is 1. The lowest BCUT2D eigenvalue weighted by molar-refractivity contribution is 0.0631. The van der Waals surface area contributed by atoms with Crippen LogP contribution in [0.1, 0.15) is 36.0 Å². The van der Waals surface area contributed by atoms with Crippen LogP contribution in [0.4, 0.5) is 0 Å². The molecule has 20 heavy (non-hydrogen) atoms. The zero-order chi connectivity index (χ0) is 14.2. The molecule has 1 amide bonds. The molecule has 1 aliphatic rings. The summed E-state index contributed by atoms with van der Waals surface area (Å²) in [5, 5.41) is 2.97. The highest BCUT2D eigenvalue weighted by atomic mass is 16.5. The first-order chi connectivity index (χ1) is 9.79. The van der Waals surface area contributed by atoms with Crippen LogP contribution in [0, 0.1) is 5.92 Å². The lowest BCUT2D eigenvalue weighted by Crippen LogP contribution is -2.25. The molecular weight excluding hydrogens is 254 g/mol. The third-order valence-corrected chi connectivity index (χ3v) is 3.77. The zero-order valence-electron chi connectivity index (χ0n) is 12.1. The standard InChI is InChI=1S/C16H23NO3/c1-19-15-6-4-14(5-7-15)16(18)17-10-2-3-13-8-11-20-12-9-13/h4-7,13H,2-3,8-12H2,1H3,(H,17,18). The number of benzene rings is 1. The van der Waals surface area contributed by atoms with Crippen molar-refractivity contribution in [3.63, 3.8) is 0 Å². The number of hydrogen-bond donors (Lipinski definition) is 1. The van der Waals surface area contributed by atoms with E-state index in [0.29, 0.717) is 5.56 Å². The normalized spacial score (nSPS) is 15.8. The number of carbonyl (C=O) groups is 1. The fourth-order valence-electron chi connectivity index (χ4n) is 2.47. The van der Waals surface area contributed by atoms with E-state index in [1.54, 1.807) is 31.4 Å². The molecule has 110 valence electrons. The summed E-state index contributed by atoms with van der Waals surface area (Å²) < 4.78 is 10.4. The van der Waals surface area contributed by atoms with Gasteiger partial charge in [-0.3, -0.25) is 4.79 Å². The van der Waals surface area contributed by atoms with E-state index in [1.165, 1.54) is 6.42 Å². The number of rotatable bonds is 6. The van der Waals surface area contributed by atoms with Gasteiger partial charge in [0.1, 0.15) is 5.75 Å². The van der Waals surface area contributed by atoms with Gasteiger partial charge in [0.25, 0.3) is 5.91 Å². The van der Waals surface area contributed by atoms with Crippen LogP contribution in [0.5, 0.6) is 5.75 Å². The molecule has 1 aromatic carbocycles. The molecule has 1 aromatic rings. The largest absolute Gasteiger partial charge is 0.497 e. The van der Waals surface area contributed by atoms with Crippen LogP contribution in [0.2, 0.25) is 0 Å². The molecule has 0 spiro atoms. The maximum Gasteiger partial charge on any atom is 0.251 e. The third-order valence-electron chi connectivity index (χ3n) is 3.77. The first-order valence-corrected chi connectivity index (χ1v) is 7.29. The minimum Gasteiger partial charge on any atom is -0.497 e. The number of carbonyl (C=O) groups excluding carboxylic acids is 1. The van der Waals surface area contributed by atoms with E-state index in [-0.39, 0.29) is 5.91 Å². The zero-order valence-corrected chi connectivity index (χ0v) is 12.1. The van der Waals surface area contributed by atoms with Crippen LogP contribution in [0.3, 0.4) is 0 Å². The van der Waals surface area contributed by atoms with Crippen molar-refractivity contribution in [3.05, 3.63) is 29.8 Å². The number of ether oxygens (including phenoxy) is 2. The van der Waals surface area contributed by atoms with E-state index >= 15 is 0 Å². The Morgan fingerprint density at radius 2 is 2.00 bits per heavy atom. The number of amides is 1. The first kappa shape index (κ1) is 14.9. The molecule has 0 bridgehead atoms. The fourth-order valence-corrected chi connectivity index (χ4v) is 2.47. The summed E-state index contributed by atoms with van der Waals surface area (Å²) in [5.41, 5.74) is 0.678. The van der Waals surface area contributed by atoms with Crippen LogP contribution in [0.15, 0.2) is 24.3 Å². The second kappa shape index (κ2) is 7.90. The smallest absolute Gasteiger partial charge is 0.251 e. The van der Waals surface area contributed by atoms with Gasteiger partial charge in [-0.25, -0.2) is 0 Å². The predicted molar refractivity (Wildman–Crippen MR) is 78.1 cm³/mol. The molecule has 0 saturated carbocycles. The highest BCUT2D eigenvalue weighted by Gasteiger charge is 2.13. The molecule has 0 aromatic heterocycles. The molecule has 4 nitrogen and oxygen atoms in total. The second-order valence-electron chi connectivity index (χ2n) is 5.18. The van der Waals surface area contributed by atoms with Crippen LogP contribution in [0.25, 0.3) is 0 Å². The van der Waals surface area contributed by atoms with E-state index < -0.39 is 0 Å². The summed E-state index contributed by atoms with van der Waals surface area (Å²) in [7, 11) is 1.62. The molecule has 1 fully saturated rings. The Kier molecular flexibility index (Phi) is 5.87. The van der Waals surface area contributed by atoms with Crippen molar-refractivity contribution in [2.45, 2.75) is 25.7 Å². The average Bonchev–Trinajstić information content (AvgIpc) is 2.52. The molecule has 2 rings (SSSR count). The van der Waals surface area contributed by atoms with Crippen molar-refractivity contribution in [1.29, 1.82) is 0 Å². The minimum absolute atomic E-state index is 0.0142. The molecule has 1 heterocycles. The summed E-state index contributed by atoms with van der Waals surface area (Å²) in [6, 6.07) is 7.17. The molecule has 4 heteroatoms. The van der Waals surface area contributed by atoms with Gasteiger partial charge in [0, 0.05) is 25.3 Å². The average molecular weight is 277 g/mol. The van der Waals surface area contributed by atoms with Gasteiger partial charge in [0.15, 0.2) is 0 Å². The van der Waals surface area contributed by atoms with Crippen molar-refractivity contribution >= 4 is 5.91 Å². The Bertz CT molecular complexity index is 410. The molecule has 0 aliphatic carbocycles. The Morgan fingerprint density at radius 1 is 1.30 bits per heavy atom. The summed E-state index contributed by atoms with van der Waals surface area (Å²) >= 11 is 0. The maximum absolute atomic E-state index is 11.9. The summed E-state index contributed by atoms with van der Waals surface area (Å²) in [6.07, 6.45) is 4.53. The van der Waals surface area contributed by atoms with Gasteiger partial charge in [-0.15, -0.1) is 0 Å². The van der Waals surface area contributed by atoms with Crippen LogP contribution >= 0.6 is 0 Å². The molecule has 1 saturated heterocycles. The highest BCUT2D eigenvalue weighted by molar-refractivity contribution is 5.94. The van der Waals surface area contributed by atoms with Crippen molar-refractivity contribution in [1.82, 2.24) is 5.32 Å². The quantitative estimate of drug-likeness (QED) is 0.813. The van der Waals surface area contributed by atoms with Gasteiger partial charge in [0.05, 0.1) is 7.11 Å². The van der Waals surface area contributed by atoms with E-state index in [1.807, 2.05) is 0 Å². The van der Waals surface area contributed by atoms with Gasteiger partial charge in [-0.1, -0.05) is 0 Å². The predicted octanol–water partition coefficient (Wildman–Crippen LogP) is 2.63. The van der Waals surface area contributed by atoms with Crippen molar-refractivity contribution in [2.24, 2.45) is 5.92 Å². The molecule has 0 atom stereocenters. The Balaban J connectivity index is 1.66. The lowest BCUT2D eigenvalue weighted by atomic mass is 9.95. The van der Waals surface area contributed by atoms with Crippen molar-refractivity contribution in [3.8, 4) is 5.75 Å². The van der Waals surface area contributed by atoms with Gasteiger partial charge >= 0.3 is 0 Å². The molecule has 0 radical (unpaired) electrons. The maximum atomic E-state index is 11.9. The second-order valence-corrected chi connectivity index (χ2v) is 5.18. The summed E-state index contributed by atoms with van der Waals surface area (Å²) in [6.45, 7) is 2.52. The molecule has 0 unspecified atom stereocenters. The molecule has 1 N–H and O–H groups in total. The minimum atomic E-state index is -0.0142. The van der Waals surface area contributed by atoms with E-state index in [0.717, 1.165) is 50.7 Å². The molecule has 1 aliphatic heterocycles. The molecular formula is C16H23NO3. The van der Waals surface area contributed by atoms with Crippen molar-refractivity contribution < 1.29 is 14.3 Å². The summed E-state index contributed by atoms with van der Waals surface area (Å²) in [4.78, 5) is 11.9. The number of hydrogen-bond acceptors (Lipinski definition) is 3. The SMILES string of the molecule is COc1ccc(C(=O)NCCCC2CCOCC2)cc1. The monoisotopic (exact) mass is 277 g/mol. The fraction of sp³-hybridized carbons (Fsp3) is 0.562. The Morgan fingerprint density at radius 3 is 2.65 bits per heavy atom. The van der Waals surface area contributed by atoms with E-state index in [2.05, 4.69) is 5.32 Å². The van der Waals surface area contributed by atoms with Gasteiger partial charge in [0.2, 0.25) is 0 Å².